The third-order valence-corrected chi connectivity index (χ3v) is 7.99. The van der Waals surface area contributed by atoms with Gasteiger partial charge in [-0.05, 0) is 74.3 Å². The van der Waals surface area contributed by atoms with Gasteiger partial charge in [-0.3, -0.25) is 4.98 Å². The number of benzene rings is 1. The van der Waals surface area contributed by atoms with E-state index in [2.05, 4.69) is 32.4 Å². The fourth-order valence-corrected chi connectivity index (χ4v) is 6.02. The van der Waals surface area contributed by atoms with Gasteiger partial charge in [-0.15, -0.1) is 0 Å². The van der Waals surface area contributed by atoms with Gasteiger partial charge in [-0.2, -0.15) is 0 Å². The molecule has 0 bridgehead atoms. The van der Waals surface area contributed by atoms with Crippen LogP contribution in [0.5, 0.6) is 5.75 Å². The maximum Gasteiger partial charge on any atom is 0.317 e. The van der Waals surface area contributed by atoms with Gasteiger partial charge in [0.25, 0.3) is 0 Å². The Morgan fingerprint density at radius 1 is 1.11 bits per heavy atom. The highest BCUT2D eigenvalue weighted by Gasteiger charge is 2.29. The van der Waals surface area contributed by atoms with Crippen molar-refractivity contribution in [3.05, 3.63) is 66.1 Å². The highest BCUT2D eigenvalue weighted by Crippen LogP contribution is 2.38. The number of amides is 2. The molecule has 0 spiro atoms. The number of rotatable bonds is 5. The van der Waals surface area contributed by atoms with Crippen LogP contribution in [0.1, 0.15) is 50.0 Å². The number of aromatic amines is 1. The molecule has 1 saturated carbocycles. The molecule has 3 aromatic heterocycles. The zero-order valence-electron chi connectivity index (χ0n) is 21.1. The lowest BCUT2D eigenvalue weighted by Gasteiger charge is -2.35. The summed E-state index contributed by atoms with van der Waals surface area (Å²) >= 11 is 0. The van der Waals surface area contributed by atoms with Gasteiger partial charge in [-0.25, -0.2) is 18.6 Å². The minimum absolute atomic E-state index is 0.0411. The minimum atomic E-state index is -0.708. The fraction of sp³-hybridized carbons (Fsp3) is 0.414. The number of nitrogens with zero attached hydrogens (tertiary/aromatic N) is 3. The van der Waals surface area contributed by atoms with E-state index in [1.54, 1.807) is 0 Å². The van der Waals surface area contributed by atoms with E-state index in [4.69, 9.17) is 4.74 Å². The molecule has 2 amide bonds. The Bertz CT molecular complexity index is 1450. The van der Waals surface area contributed by atoms with Gasteiger partial charge in [0.1, 0.15) is 11.5 Å². The zero-order chi connectivity index (χ0) is 26.1. The number of likely N-dealkylation sites (tertiary alicyclic amines) is 1. The highest BCUT2D eigenvalue weighted by molar-refractivity contribution is 6.05. The summed E-state index contributed by atoms with van der Waals surface area (Å²) in [4.78, 5) is 27.1. The number of H-pyrrole nitrogens is 1. The number of fused-ring (bicyclic) bond motifs is 3. The lowest BCUT2D eigenvalue weighted by molar-refractivity contribution is 0.132. The quantitative estimate of drug-likeness (QED) is 0.343. The van der Waals surface area contributed by atoms with Gasteiger partial charge < -0.3 is 19.9 Å². The van der Waals surface area contributed by atoms with Crippen molar-refractivity contribution >= 4 is 28.0 Å². The molecule has 2 aliphatic rings. The number of aromatic nitrogens is 3. The van der Waals surface area contributed by atoms with Crippen molar-refractivity contribution < 1.29 is 18.3 Å². The molecular formula is C29H31F2N5O2. The van der Waals surface area contributed by atoms with Gasteiger partial charge in [-0.1, -0.05) is 0 Å². The molecule has 1 aliphatic carbocycles. The Balaban J connectivity index is 1.03. The number of hydrogen-bond acceptors (Lipinski definition) is 4. The molecule has 1 saturated heterocycles. The van der Waals surface area contributed by atoms with Crippen LogP contribution in [-0.4, -0.2) is 51.6 Å². The molecule has 7 nitrogen and oxygen atoms in total. The maximum atomic E-state index is 13.9. The van der Waals surface area contributed by atoms with E-state index in [0.29, 0.717) is 25.6 Å². The maximum absolute atomic E-state index is 13.9. The Kier molecular flexibility index (Phi) is 6.82. The van der Waals surface area contributed by atoms with Crippen LogP contribution in [0.25, 0.3) is 21.9 Å². The SMILES string of the molecule is O=C(NC1CCC(c2ccnc3cnc4[nH]ccc4c23)CC1)N1CCCC(COc2ccc(F)cc2F)C1. The van der Waals surface area contributed by atoms with Gasteiger partial charge in [0, 0.05) is 54.3 Å². The number of halogens is 2. The molecule has 1 unspecified atom stereocenters. The average Bonchev–Trinajstić information content (AvgIpc) is 3.42. The Morgan fingerprint density at radius 2 is 1.97 bits per heavy atom. The molecule has 0 radical (unpaired) electrons. The van der Waals surface area contributed by atoms with E-state index < -0.39 is 11.6 Å². The van der Waals surface area contributed by atoms with Crippen molar-refractivity contribution in [3.63, 3.8) is 0 Å². The van der Waals surface area contributed by atoms with E-state index in [-0.39, 0.29) is 23.7 Å². The van der Waals surface area contributed by atoms with E-state index in [9.17, 15) is 13.6 Å². The van der Waals surface area contributed by atoms with Gasteiger partial charge in [0.15, 0.2) is 11.6 Å². The molecule has 38 heavy (non-hydrogen) atoms. The molecular weight excluding hydrogens is 488 g/mol. The molecule has 4 aromatic rings. The number of carbonyl (C=O) groups is 1. The Hall–Kier alpha value is -3.75. The summed E-state index contributed by atoms with van der Waals surface area (Å²) in [6.45, 7) is 1.56. The van der Waals surface area contributed by atoms with Crippen molar-refractivity contribution in [1.82, 2.24) is 25.2 Å². The smallest absolute Gasteiger partial charge is 0.317 e. The number of nitrogens with one attached hydrogen (secondary N) is 2. The van der Waals surface area contributed by atoms with E-state index in [1.165, 1.54) is 23.1 Å². The second-order valence-corrected chi connectivity index (χ2v) is 10.5. The second-order valence-electron chi connectivity index (χ2n) is 10.5. The number of piperidine rings is 1. The Labute approximate surface area is 219 Å². The lowest BCUT2D eigenvalue weighted by atomic mass is 9.80. The molecule has 1 aromatic carbocycles. The molecule has 198 valence electrons. The number of pyridine rings is 2. The summed E-state index contributed by atoms with van der Waals surface area (Å²) in [7, 11) is 0. The zero-order valence-corrected chi connectivity index (χ0v) is 21.1. The van der Waals surface area contributed by atoms with Crippen LogP contribution in [0, 0.1) is 17.6 Å². The number of ether oxygens (including phenoxy) is 1. The van der Waals surface area contributed by atoms with E-state index in [0.717, 1.165) is 61.1 Å². The first-order valence-electron chi connectivity index (χ1n) is 13.4. The molecule has 4 heterocycles. The number of carbonyl (C=O) groups excluding carboxylic acids is 1. The van der Waals surface area contributed by atoms with Crippen LogP contribution < -0.4 is 10.1 Å². The van der Waals surface area contributed by atoms with E-state index in [1.807, 2.05) is 23.5 Å². The summed E-state index contributed by atoms with van der Waals surface area (Å²) in [6, 6.07) is 7.61. The van der Waals surface area contributed by atoms with Crippen molar-refractivity contribution in [2.45, 2.75) is 50.5 Å². The fourth-order valence-electron chi connectivity index (χ4n) is 6.02. The predicted octanol–water partition coefficient (Wildman–Crippen LogP) is 5.92. The summed E-state index contributed by atoms with van der Waals surface area (Å²) in [5.41, 5.74) is 3.10. The summed E-state index contributed by atoms with van der Waals surface area (Å²) < 4.78 is 32.6. The normalized spacial score (nSPS) is 22.1. The van der Waals surface area contributed by atoms with Crippen LogP contribution in [0.3, 0.4) is 0 Å². The monoisotopic (exact) mass is 519 g/mol. The molecule has 2 fully saturated rings. The molecule has 2 N–H and O–H groups in total. The first kappa shape index (κ1) is 24.6. The van der Waals surface area contributed by atoms with Crippen molar-refractivity contribution in [3.8, 4) is 5.75 Å². The third-order valence-electron chi connectivity index (χ3n) is 7.99. The number of hydrogen-bond donors (Lipinski definition) is 2. The van der Waals surface area contributed by atoms with Gasteiger partial charge in [0.2, 0.25) is 0 Å². The van der Waals surface area contributed by atoms with Crippen LogP contribution in [0.15, 0.2) is 48.9 Å². The minimum Gasteiger partial charge on any atom is -0.490 e. The first-order chi connectivity index (χ1) is 18.5. The number of urea groups is 1. The highest BCUT2D eigenvalue weighted by atomic mass is 19.1. The van der Waals surface area contributed by atoms with Crippen LogP contribution in [0.4, 0.5) is 13.6 Å². The van der Waals surface area contributed by atoms with Gasteiger partial charge in [0.05, 0.1) is 18.3 Å². The van der Waals surface area contributed by atoms with Crippen LogP contribution in [-0.2, 0) is 0 Å². The lowest BCUT2D eigenvalue weighted by Crippen LogP contribution is -2.50. The van der Waals surface area contributed by atoms with Crippen molar-refractivity contribution in [2.24, 2.45) is 5.92 Å². The van der Waals surface area contributed by atoms with E-state index >= 15 is 0 Å². The third kappa shape index (κ3) is 5.01. The molecule has 6 rings (SSSR count). The standard InChI is InChI=1S/C29H31F2N5O2/c30-20-5-8-26(24(31)14-20)38-17-18-2-1-13-36(16-18)29(37)35-21-6-3-19(4-7-21)22-9-11-32-25-15-34-28-23(27(22)25)10-12-33-28/h5,8-12,14-15,18-19,21H,1-4,6-7,13,16-17H2,(H,33,34)(H,35,37). The summed E-state index contributed by atoms with van der Waals surface area (Å²) in [5.74, 6) is -0.777. The van der Waals surface area contributed by atoms with Gasteiger partial charge >= 0.3 is 6.03 Å². The second kappa shape index (κ2) is 10.6. The molecule has 1 atom stereocenters. The molecule has 9 heteroatoms. The summed E-state index contributed by atoms with van der Waals surface area (Å²) in [6.07, 6.45) is 11.2. The topological polar surface area (TPSA) is 83.1 Å². The van der Waals surface area contributed by atoms with Crippen molar-refractivity contribution in [1.29, 1.82) is 0 Å². The Morgan fingerprint density at radius 3 is 2.82 bits per heavy atom. The largest absolute Gasteiger partial charge is 0.490 e. The van der Waals surface area contributed by atoms with Crippen LogP contribution in [0.2, 0.25) is 0 Å². The predicted molar refractivity (Wildman–Crippen MR) is 141 cm³/mol. The average molecular weight is 520 g/mol. The van der Waals surface area contributed by atoms with Crippen molar-refractivity contribution in [2.75, 3.05) is 19.7 Å². The summed E-state index contributed by atoms with van der Waals surface area (Å²) in [5, 5.41) is 5.53. The molecule has 1 aliphatic heterocycles. The van der Waals surface area contributed by atoms with Crippen LogP contribution >= 0.6 is 0 Å². The first-order valence-corrected chi connectivity index (χ1v) is 13.4.